The van der Waals surface area contributed by atoms with E-state index >= 15 is 0 Å². The van der Waals surface area contributed by atoms with Crippen LogP contribution < -0.4 is 5.73 Å². The quantitative estimate of drug-likeness (QED) is 0.576. The van der Waals surface area contributed by atoms with Crippen molar-refractivity contribution in [3.05, 3.63) is 54.0 Å². The fraction of sp³-hybridized carbons (Fsp3) is 0.500. The van der Waals surface area contributed by atoms with Crippen LogP contribution in [-0.4, -0.2) is 43.6 Å². The zero-order valence-electron chi connectivity index (χ0n) is 19.7. The first kappa shape index (κ1) is 22.6. The van der Waals surface area contributed by atoms with E-state index in [1.807, 2.05) is 18.4 Å². The minimum Gasteiger partial charge on any atom is -0.341 e. The standard InChI is InChI=1S/C26H28FN5O3/c1-26(2)34-22-18(12-11-15-7-5-6-10-17(15)27)33-25(23(22)35-26)32-14-31-21-20(29-13-30-24(21)32)19(28)16-8-3-4-9-16/h5-7,10,13-14,16,18-19,22-23,25H,3-4,8-9,28H2,1-2H3/t18-,19?,22-,23+,25-/m1/s1. The van der Waals surface area contributed by atoms with Gasteiger partial charge in [-0.3, -0.25) is 4.57 Å². The molecular formula is C26H28FN5O3. The van der Waals surface area contributed by atoms with Crippen LogP contribution in [0.1, 0.15) is 63.1 Å². The second-order valence-electron chi connectivity index (χ2n) is 9.91. The SMILES string of the molecule is CC1(C)O[C@H]2[C@H](O1)[C@@H](C#Cc1ccccc1F)O[C@H]2n1cnc2c(C(N)C3CCCC3)ncnc21. The van der Waals surface area contributed by atoms with Gasteiger partial charge in [-0.05, 0) is 44.7 Å². The van der Waals surface area contributed by atoms with Crippen LogP contribution >= 0.6 is 0 Å². The molecule has 3 aliphatic rings. The van der Waals surface area contributed by atoms with Crippen molar-refractivity contribution in [2.24, 2.45) is 11.7 Å². The highest BCUT2D eigenvalue weighted by Crippen LogP contribution is 2.44. The lowest BCUT2D eigenvalue weighted by Gasteiger charge is -2.23. The molecule has 35 heavy (non-hydrogen) atoms. The summed E-state index contributed by atoms with van der Waals surface area (Å²) in [5, 5.41) is 0. The summed E-state index contributed by atoms with van der Waals surface area (Å²) in [6, 6.07) is 6.21. The largest absolute Gasteiger partial charge is 0.341 e. The van der Waals surface area contributed by atoms with Gasteiger partial charge in [0.1, 0.15) is 36.0 Å². The van der Waals surface area contributed by atoms with Crippen LogP contribution in [0.2, 0.25) is 0 Å². The van der Waals surface area contributed by atoms with Gasteiger partial charge in [0.15, 0.2) is 17.7 Å². The van der Waals surface area contributed by atoms with E-state index in [9.17, 15) is 4.39 Å². The van der Waals surface area contributed by atoms with Gasteiger partial charge in [0, 0.05) is 0 Å². The van der Waals surface area contributed by atoms with Crippen LogP contribution in [0.25, 0.3) is 11.2 Å². The van der Waals surface area contributed by atoms with Gasteiger partial charge >= 0.3 is 0 Å². The molecule has 1 unspecified atom stereocenters. The average molecular weight is 478 g/mol. The molecule has 2 N–H and O–H groups in total. The molecule has 1 aliphatic carbocycles. The number of halogens is 1. The van der Waals surface area contributed by atoms with Crippen LogP contribution in [0.4, 0.5) is 4.39 Å². The number of rotatable bonds is 3. The molecule has 1 aromatic carbocycles. The van der Waals surface area contributed by atoms with Crippen molar-refractivity contribution in [2.75, 3.05) is 0 Å². The number of fused-ring (bicyclic) bond motifs is 2. The molecule has 8 nitrogen and oxygen atoms in total. The molecule has 9 heteroatoms. The van der Waals surface area contributed by atoms with Crippen molar-refractivity contribution in [2.45, 2.75) is 75.9 Å². The normalized spacial score (nSPS) is 28.7. The molecular weight excluding hydrogens is 449 g/mol. The first-order valence-corrected chi connectivity index (χ1v) is 12.1. The number of aromatic nitrogens is 4. The van der Waals surface area contributed by atoms with E-state index in [0.29, 0.717) is 22.6 Å². The third-order valence-electron chi connectivity index (χ3n) is 7.14. The summed E-state index contributed by atoms with van der Waals surface area (Å²) in [7, 11) is 0. The fourth-order valence-corrected chi connectivity index (χ4v) is 5.47. The monoisotopic (exact) mass is 477 g/mol. The highest BCUT2D eigenvalue weighted by atomic mass is 19.1. The molecule has 0 bridgehead atoms. The Morgan fingerprint density at radius 3 is 2.69 bits per heavy atom. The molecule has 2 aliphatic heterocycles. The number of ether oxygens (including phenoxy) is 3. The molecule has 5 atom stereocenters. The van der Waals surface area contributed by atoms with Crippen molar-refractivity contribution in [3.63, 3.8) is 0 Å². The molecule has 6 rings (SSSR count). The van der Waals surface area contributed by atoms with Crippen LogP contribution in [0.5, 0.6) is 0 Å². The molecule has 4 heterocycles. The Kier molecular flexibility index (Phi) is 5.57. The molecule has 1 saturated carbocycles. The first-order valence-electron chi connectivity index (χ1n) is 12.1. The van der Waals surface area contributed by atoms with E-state index in [1.54, 1.807) is 24.5 Å². The zero-order chi connectivity index (χ0) is 24.2. The van der Waals surface area contributed by atoms with Gasteiger partial charge in [0.05, 0.1) is 23.6 Å². The summed E-state index contributed by atoms with van der Waals surface area (Å²) in [5.41, 5.74) is 8.98. The van der Waals surface area contributed by atoms with Gasteiger partial charge in [-0.2, -0.15) is 0 Å². The average Bonchev–Trinajstić information content (AvgIpc) is 3.62. The number of nitrogens with two attached hydrogens (primary N) is 1. The van der Waals surface area contributed by atoms with E-state index in [4.69, 9.17) is 19.9 Å². The number of hydrogen-bond donors (Lipinski definition) is 1. The predicted molar refractivity (Wildman–Crippen MR) is 125 cm³/mol. The summed E-state index contributed by atoms with van der Waals surface area (Å²) in [4.78, 5) is 13.6. The zero-order valence-corrected chi connectivity index (χ0v) is 19.7. The van der Waals surface area contributed by atoms with Gasteiger partial charge in [-0.15, -0.1) is 0 Å². The van der Waals surface area contributed by atoms with Gasteiger partial charge in [-0.25, -0.2) is 19.3 Å². The number of imidazole rings is 1. The van der Waals surface area contributed by atoms with Gasteiger partial charge in [0.2, 0.25) is 0 Å². The summed E-state index contributed by atoms with van der Waals surface area (Å²) in [6.07, 6.45) is 5.73. The number of benzene rings is 1. The van der Waals surface area contributed by atoms with Crippen LogP contribution in [-0.2, 0) is 14.2 Å². The highest BCUT2D eigenvalue weighted by molar-refractivity contribution is 5.73. The van der Waals surface area contributed by atoms with E-state index in [1.165, 1.54) is 25.2 Å². The maximum absolute atomic E-state index is 14.1. The number of hydrogen-bond acceptors (Lipinski definition) is 7. The third kappa shape index (κ3) is 4.00. The van der Waals surface area contributed by atoms with Crippen molar-refractivity contribution in [1.29, 1.82) is 0 Å². The second kappa shape index (κ2) is 8.64. The smallest absolute Gasteiger partial charge is 0.167 e. The molecule has 2 saturated heterocycles. The van der Waals surface area contributed by atoms with Crippen molar-refractivity contribution in [3.8, 4) is 11.8 Å². The maximum atomic E-state index is 14.1. The molecule has 182 valence electrons. The Bertz CT molecular complexity index is 1310. The molecule has 0 radical (unpaired) electrons. The van der Waals surface area contributed by atoms with E-state index in [2.05, 4.69) is 26.8 Å². The van der Waals surface area contributed by atoms with Gasteiger partial charge in [0.25, 0.3) is 0 Å². The van der Waals surface area contributed by atoms with Crippen LogP contribution in [0, 0.1) is 23.6 Å². The summed E-state index contributed by atoms with van der Waals surface area (Å²) in [5.74, 6) is 5.16. The lowest BCUT2D eigenvalue weighted by atomic mass is 9.95. The van der Waals surface area contributed by atoms with Crippen LogP contribution in [0.3, 0.4) is 0 Å². The Morgan fingerprint density at radius 2 is 1.89 bits per heavy atom. The summed E-state index contributed by atoms with van der Waals surface area (Å²) in [6.45, 7) is 3.72. The number of nitrogens with zero attached hydrogens (tertiary/aromatic N) is 4. The van der Waals surface area contributed by atoms with Crippen molar-refractivity contribution >= 4 is 11.2 Å². The first-order chi connectivity index (χ1) is 16.9. The Balaban J connectivity index is 1.35. The summed E-state index contributed by atoms with van der Waals surface area (Å²) < 4.78 is 34.6. The highest BCUT2D eigenvalue weighted by Gasteiger charge is 2.56. The Hall–Kier alpha value is -2.90. The minimum absolute atomic E-state index is 0.187. The van der Waals surface area contributed by atoms with Gasteiger partial charge < -0.3 is 19.9 Å². The van der Waals surface area contributed by atoms with Crippen molar-refractivity contribution in [1.82, 2.24) is 19.5 Å². The molecule has 3 fully saturated rings. The second-order valence-corrected chi connectivity index (χ2v) is 9.91. The van der Waals surface area contributed by atoms with E-state index in [-0.39, 0.29) is 11.9 Å². The Labute approximate surface area is 203 Å². The third-order valence-corrected chi connectivity index (χ3v) is 7.14. The predicted octanol–water partition coefficient (Wildman–Crippen LogP) is 3.62. The molecule has 2 aromatic heterocycles. The molecule has 0 amide bonds. The van der Waals surface area contributed by atoms with Crippen LogP contribution in [0.15, 0.2) is 36.9 Å². The fourth-order valence-electron chi connectivity index (χ4n) is 5.47. The Morgan fingerprint density at radius 1 is 1.11 bits per heavy atom. The topological polar surface area (TPSA) is 97.3 Å². The van der Waals surface area contributed by atoms with E-state index in [0.717, 1.165) is 18.5 Å². The van der Waals surface area contributed by atoms with Gasteiger partial charge in [-0.1, -0.05) is 36.8 Å². The molecule has 3 aromatic rings. The van der Waals surface area contributed by atoms with Crippen molar-refractivity contribution < 1.29 is 18.6 Å². The lowest BCUT2D eigenvalue weighted by Crippen LogP contribution is -2.28. The summed E-state index contributed by atoms with van der Waals surface area (Å²) >= 11 is 0. The van der Waals surface area contributed by atoms with E-state index < -0.39 is 30.3 Å². The molecule has 0 spiro atoms. The minimum atomic E-state index is -0.809. The maximum Gasteiger partial charge on any atom is 0.167 e. The lowest BCUT2D eigenvalue weighted by molar-refractivity contribution is -0.190.